The highest BCUT2D eigenvalue weighted by Crippen LogP contribution is 2.28. The monoisotopic (exact) mass is 271 g/mol. The number of ether oxygens (including phenoxy) is 1. The van der Waals surface area contributed by atoms with Crippen LogP contribution in [0.15, 0.2) is 18.2 Å². The molecule has 5 heteroatoms. The molecule has 106 valence electrons. The van der Waals surface area contributed by atoms with Crippen LogP contribution in [0, 0.1) is 17.6 Å². The lowest BCUT2D eigenvalue weighted by Crippen LogP contribution is -2.30. The molecule has 0 aromatic heterocycles. The molecular formula is C14H19F2NO2. The largest absolute Gasteiger partial charge is 0.389 e. The van der Waals surface area contributed by atoms with E-state index < -0.39 is 17.7 Å². The van der Waals surface area contributed by atoms with E-state index in [1.54, 1.807) is 0 Å². The maximum absolute atomic E-state index is 13.3. The lowest BCUT2D eigenvalue weighted by molar-refractivity contribution is 0.0324. The molecule has 19 heavy (non-hydrogen) atoms. The molecule has 1 aliphatic rings. The van der Waals surface area contributed by atoms with Crippen molar-refractivity contribution >= 4 is 0 Å². The maximum Gasteiger partial charge on any atom is 0.130 e. The summed E-state index contributed by atoms with van der Waals surface area (Å²) in [6, 6.07) is 3.47. The van der Waals surface area contributed by atoms with E-state index in [1.807, 2.05) is 0 Å². The third-order valence-electron chi connectivity index (χ3n) is 3.07. The molecule has 1 unspecified atom stereocenters. The summed E-state index contributed by atoms with van der Waals surface area (Å²) >= 11 is 0. The SMILES string of the molecule is OC(CNCc1ccc(F)cc1F)COCC1CC1. The number of halogens is 2. The Morgan fingerprint density at radius 1 is 1.37 bits per heavy atom. The van der Waals surface area contributed by atoms with Crippen molar-refractivity contribution in [3.8, 4) is 0 Å². The highest BCUT2D eigenvalue weighted by Gasteiger charge is 2.21. The molecule has 1 atom stereocenters. The molecule has 1 aliphatic carbocycles. The van der Waals surface area contributed by atoms with Crippen molar-refractivity contribution in [1.29, 1.82) is 0 Å². The Labute approximate surface area is 111 Å². The number of hydrogen-bond acceptors (Lipinski definition) is 3. The number of aliphatic hydroxyl groups is 1. The lowest BCUT2D eigenvalue weighted by atomic mass is 10.2. The van der Waals surface area contributed by atoms with E-state index in [9.17, 15) is 13.9 Å². The molecule has 1 saturated carbocycles. The first-order valence-electron chi connectivity index (χ1n) is 6.55. The zero-order valence-electron chi connectivity index (χ0n) is 10.7. The molecule has 0 saturated heterocycles. The summed E-state index contributed by atoms with van der Waals surface area (Å²) < 4.78 is 31.3. The molecule has 0 heterocycles. The summed E-state index contributed by atoms with van der Waals surface area (Å²) in [6.07, 6.45) is 1.83. The Hall–Kier alpha value is -1.04. The van der Waals surface area contributed by atoms with Gasteiger partial charge in [-0.2, -0.15) is 0 Å². The van der Waals surface area contributed by atoms with Crippen LogP contribution in [0.25, 0.3) is 0 Å². The van der Waals surface area contributed by atoms with Gasteiger partial charge in [0.25, 0.3) is 0 Å². The number of aliphatic hydroxyl groups excluding tert-OH is 1. The predicted octanol–water partition coefficient (Wildman–Crippen LogP) is 1.84. The fourth-order valence-electron chi connectivity index (χ4n) is 1.75. The van der Waals surface area contributed by atoms with Crippen molar-refractivity contribution < 1.29 is 18.6 Å². The van der Waals surface area contributed by atoms with Gasteiger partial charge in [-0.1, -0.05) is 6.07 Å². The summed E-state index contributed by atoms with van der Waals surface area (Å²) in [5.74, 6) is -0.491. The highest BCUT2D eigenvalue weighted by molar-refractivity contribution is 5.18. The second-order valence-corrected chi connectivity index (χ2v) is 5.00. The molecule has 1 fully saturated rings. The molecule has 0 spiro atoms. The van der Waals surface area contributed by atoms with Crippen LogP contribution >= 0.6 is 0 Å². The van der Waals surface area contributed by atoms with Gasteiger partial charge in [-0.05, 0) is 24.8 Å². The number of benzene rings is 1. The quantitative estimate of drug-likeness (QED) is 0.758. The zero-order valence-corrected chi connectivity index (χ0v) is 10.7. The zero-order chi connectivity index (χ0) is 13.7. The van der Waals surface area contributed by atoms with E-state index in [0.717, 1.165) is 6.07 Å². The summed E-state index contributed by atoms with van der Waals surface area (Å²) in [7, 11) is 0. The van der Waals surface area contributed by atoms with Gasteiger partial charge in [-0.15, -0.1) is 0 Å². The van der Waals surface area contributed by atoms with Gasteiger partial charge in [-0.3, -0.25) is 0 Å². The molecular weight excluding hydrogens is 252 g/mol. The molecule has 1 aromatic carbocycles. The Bertz CT molecular complexity index is 410. The Morgan fingerprint density at radius 2 is 2.16 bits per heavy atom. The van der Waals surface area contributed by atoms with Crippen LogP contribution in [-0.2, 0) is 11.3 Å². The summed E-state index contributed by atoms with van der Waals surface area (Å²) in [5.41, 5.74) is 0.382. The van der Waals surface area contributed by atoms with Gasteiger partial charge in [0.1, 0.15) is 11.6 Å². The van der Waals surface area contributed by atoms with Crippen molar-refractivity contribution in [2.45, 2.75) is 25.5 Å². The Kier molecular flexibility index (Phi) is 5.24. The topological polar surface area (TPSA) is 41.5 Å². The standard InChI is InChI=1S/C14H19F2NO2/c15-12-4-3-11(14(16)5-12)6-17-7-13(18)9-19-8-10-1-2-10/h3-5,10,13,17-18H,1-2,6-9H2. The number of hydrogen-bond donors (Lipinski definition) is 2. The molecule has 0 aliphatic heterocycles. The van der Waals surface area contributed by atoms with Crippen LogP contribution < -0.4 is 5.32 Å². The molecule has 0 amide bonds. The van der Waals surface area contributed by atoms with Gasteiger partial charge < -0.3 is 15.2 Å². The Balaban J connectivity index is 1.61. The minimum absolute atomic E-state index is 0.256. The first kappa shape index (κ1) is 14.4. The average molecular weight is 271 g/mol. The predicted molar refractivity (Wildman–Crippen MR) is 67.6 cm³/mol. The second-order valence-electron chi connectivity index (χ2n) is 5.00. The van der Waals surface area contributed by atoms with Gasteiger partial charge in [0.05, 0.1) is 12.7 Å². The number of rotatable bonds is 8. The summed E-state index contributed by atoms with van der Waals surface area (Å²) in [5, 5.41) is 12.6. The molecule has 3 nitrogen and oxygen atoms in total. The summed E-state index contributed by atoms with van der Waals surface area (Å²) in [6.45, 7) is 1.58. The van der Waals surface area contributed by atoms with E-state index in [1.165, 1.54) is 25.0 Å². The van der Waals surface area contributed by atoms with Crippen molar-refractivity contribution in [3.63, 3.8) is 0 Å². The van der Waals surface area contributed by atoms with Crippen LogP contribution in [0.2, 0.25) is 0 Å². The number of nitrogens with one attached hydrogen (secondary N) is 1. The average Bonchev–Trinajstić information content (AvgIpc) is 3.16. The molecule has 0 bridgehead atoms. The van der Waals surface area contributed by atoms with Crippen LogP contribution in [0.4, 0.5) is 8.78 Å². The van der Waals surface area contributed by atoms with Gasteiger partial charge in [0.15, 0.2) is 0 Å². The third kappa shape index (κ3) is 5.22. The summed E-state index contributed by atoms with van der Waals surface area (Å²) in [4.78, 5) is 0. The first-order chi connectivity index (χ1) is 9.15. The van der Waals surface area contributed by atoms with Crippen LogP contribution in [0.3, 0.4) is 0 Å². The van der Waals surface area contributed by atoms with E-state index in [4.69, 9.17) is 4.74 Å². The Morgan fingerprint density at radius 3 is 2.84 bits per heavy atom. The fourth-order valence-corrected chi connectivity index (χ4v) is 1.75. The van der Waals surface area contributed by atoms with E-state index in [0.29, 0.717) is 24.6 Å². The lowest BCUT2D eigenvalue weighted by Gasteiger charge is -2.12. The van der Waals surface area contributed by atoms with Gasteiger partial charge in [-0.25, -0.2) is 8.78 Å². The molecule has 0 radical (unpaired) electrons. The van der Waals surface area contributed by atoms with Gasteiger partial charge in [0, 0.05) is 31.3 Å². The molecule has 2 rings (SSSR count). The minimum atomic E-state index is -0.609. The smallest absolute Gasteiger partial charge is 0.130 e. The van der Waals surface area contributed by atoms with Gasteiger partial charge in [0.2, 0.25) is 0 Å². The molecule has 2 N–H and O–H groups in total. The van der Waals surface area contributed by atoms with E-state index in [2.05, 4.69) is 5.32 Å². The van der Waals surface area contributed by atoms with Gasteiger partial charge >= 0.3 is 0 Å². The second kappa shape index (κ2) is 6.93. The molecule has 1 aromatic rings. The van der Waals surface area contributed by atoms with Crippen LogP contribution in [-0.4, -0.2) is 31.0 Å². The third-order valence-corrected chi connectivity index (χ3v) is 3.07. The normalized spacial score (nSPS) is 16.6. The maximum atomic E-state index is 13.3. The fraction of sp³-hybridized carbons (Fsp3) is 0.571. The van der Waals surface area contributed by atoms with Crippen LogP contribution in [0.1, 0.15) is 18.4 Å². The van der Waals surface area contributed by atoms with E-state index >= 15 is 0 Å². The van der Waals surface area contributed by atoms with Crippen LogP contribution in [0.5, 0.6) is 0 Å². The van der Waals surface area contributed by atoms with Crippen molar-refractivity contribution in [2.75, 3.05) is 19.8 Å². The van der Waals surface area contributed by atoms with E-state index in [-0.39, 0.29) is 13.2 Å². The van der Waals surface area contributed by atoms with Crippen molar-refractivity contribution in [3.05, 3.63) is 35.4 Å². The highest BCUT2D eigenvalue weighted by atomic mass is 19.1. The first-order valence-corrected chi connectivity index (χ1v) is 6.55. The minimum Gasteiger partial charge on any atom is -0.389 e. The van der Waals surface area contributed by atoms with Crippen molar-refractivity contribution in [2.24, 2.45) is 5.92 Å². The van der Waals surface area contributed by atoms with Crippen molar-refractivity contribution in [1.82, 2.24) is 5.32 Å².